The lowest BCUT2D eigenvalue weighted by atomic mass is 10.2. The number of carbonyl (C=O) groups excluding carboxylic acids is 1. The molecule has 1 rings (SSSR count). The van der Waals surface area contributed by atoms with E-state index in [0.717, 1.165) is 6.42 Å². The van der Waals surface area contributed by atoms with Gasteiger partial charge in [-0.2, -0.15) is 0 Å². The van der Waals surface area contributed by atoms with E-state index in [1.807, 2.05) is 0 Å². The van der Waals surface area contributed by atoms with Crippen LogP contribution in [0.5, 0.6) is 0 Å². The molecule has 1 aromatic carbocycles. The monoisotopic (exact) mass is 288 g/mol. The summed E-state index contributed by atoms with van der Waals surface area (Å²) < 4.78 is 13.6. The molecule has 2 N–H and O–H groups in total. The van der Waals surface area contributed by atoms with E-state index >= 15 is 0 Å². The van der Waals surface area contributed by atoms with Crippen molar-refractivity contribution in [3.63, 3.8) is 0 Å². The summed E-state index contributed by atoms with van der Waals surface area (Å²) in [6.07, 6.45) is 0.737. The maximum atomic E-state index is 13.2. The first-order chi connectivity index (χ1) is 7.56. The van der Waals surface area contributed by atoms with Gasteiger partial charge in [-0.05, 0) is 47.1 Å². The Hall–Kier alpha value is -0.940. The highest BCUT2D eigenvalue weighted by molar-refractivity contribution is 9.10. The molecule has 0 heterocycles. The van der Waals surface area contributed by atoms with Gasteiger partial charge in [0.25, 0.3) is 5.91 Å². The van der Waals surface area contributed by atoms with Crippen molar-refractivity contribution in [1.82, 2.24) is 4.90 Å². The van der Waals surface area contributed by atoms with Crippen LogP contribution in [0.1, 0.15) is 16.8 Å². The maximum Gasteiger partial charge on any atom is 0.253 e. The lowest BCUT2D eigenvalue weighted by Gasteiger charge is -2.16. The number of halogens is 2. The van der Waals surface area contributed by atoms with Gasteiger partial charge in [-0.1, -0.05) is 0 Å². The fourth-order valence-electron chi connectivity index (χ4n) is 1.28. The lowest BCUT2D eigenvalue weighted by Crippen LogP contribution is -2.29. The van der Waals surface area contributed by atoms with Crippen LogP contribution in [0.15, 0.2) is 22.7 Å². The first-order valence-corrected chi connectivity index (χ1v) is 5.76. The summed E-state index contributed by atoms with van der Waals surface area (Å²) >= 11 is 3.04. The van der Waals surface area contributed by atoms with Crippen LogP contribution in [0.4, 0.5) is 4.39 Å². The molecule has 16 heavy (non-hydrogen) atoms. The highest BCUT2D eigenvalue weighted by Gasteiger charge is 2.12. The van der Waals surface area contributed by atoms with Gasteiger partial charge < -0.3 is 10.6 Å². The van der Waals surface area contributed by atoms with Crippen LogP contribution in [0.3, 0.4) is 0 Å². The van der Waals surface area contributed by atoms with Crippen molar-refractivity contribution in [3.05, 3.63) is 34.1 Å². The van der Waals surface area contributed by atoms with Gasteiger partial charge in [-0.15, -0.1) is 0 Å². The average Bonchev–Trinajstić information content (AvgIpc) is 2.28. The van der Waals surface area contributed by atoms with E-state index in [4.69, 9.17) is 5.73 Å². The fraction of sp³-hybridized carbons (Fsp3) is 0.364. The van der Waals surface area contributed by atoms with E-state index in [1.165, 1.54) is 17.0 Å². The third kappa shape index (κ3) is 3.28. The van der Waals surface area contributed by atoms with Gasteiger partial charge in [-0.3, -0.25) is 4.79 Å². The molecule has 0 saturated carbocycles. The zero-order valence-corrected chi connectivity index (χ0v) is 10.6. The van der Waals surface area contributed by atoms with Crippen molar-refractivity contribution in [2.75, 3.05) is 20.1 Å². The largest absolute Gasteiger partial charge is 0.342 e. The Balaban J connectivity index is 2.76. The summed E-state index contributed by atoms with van der Waals surface area (Å²) in [7, 11) is 1.68. The molecule has 0 spiro atoms. The Kier molecular flexibility index (Phi) is 4.89. The molecule has 0 saturated heterocycles. The van der Waals surface area contributed by atoms with Gasteiger partial charge in [0, 0.05) is 19.2 Å². The number of carbonyl (C=O) groups is 1. The van der Waals surface area contributed by atoms with Crippen LogP contribution < -0.4 is 5.73 Å². The van der Waals surface area contributed by atoms with Crippen LogP contribution in [0.2, 0.25) is 0 Å². The van der Waals surface area contributed by atoms with E-state index in [9.17, 15) is 9.18 Å². The number of hydrogen-bond acceptors (Lipinski definition) is 2. The predicted molar refractivity (Wildman–Crippen MR) is 64.7 cm³/mol. The second-order valence-electron chi connectivity index (χ2n) is 3.50. The standard InChI is InChI=1S/C11H14BrFN2O/c1-15(6-2-5-14)11(16)8-3-4-9(12)10(13)7-8/h3-4,7H,2,5-6,14H2,1H3. The van der Waals surface area contributed by atoms with Gasteiger partial charge in [0.1, 0.15) is 5.82 Å². The molecule has 0 fully saturated rings. The quantitative estimate of drug-likeness (QED) is 0.921. The molecule has 0 aliphatic rings. The number of nitrogens with two attached hydrogens (primary N) is 1. The molecular formula is C11H14BrFN2O. The zero-order chi connectivity index (χ0) is 12.1. The van der Waals surface area contributed by atoms with E-state index in [-0.39, 0.29) is 5.91 Å². The second kappa shape index (κ2) is 5.96. The second-order valence-corrected chi connectivity index (χ2v) is 4.35. The summed E-state index contributed by atoms with van der Waals surface area (Å²) in [5.41, 5.74) is 5.70. The van der Waals surface area contributed by atoms with Gasteiger partial charge in [0.05, 0.1) is 4.47 Å². The Morgan fingerprint density at radius 2 is 2.25 bits per heavy atom. The van der Waals surface area contributed by atoms with E-state index in [0.29, 0.717) is 23.1 Å². The summed E-state index contributed by atoms with van der Waals surface area (Å²) in [5, 5.41) is 0. The van der Waals surface area contributed by atoms with Gasteiger partial charge in [0.15, 0.2) is 0 Å². The Morgan fingerprint density at radius 1 is 1.56 bits per heavy atom. The summed E-state index contributed by atoms with van der Waals surface area (Å²) in [5.74, 6) is -0.627. The highest BCUT2D eigenvalue weighted by Crippen LogP contribution is 2.17. The summed E-state index contributed by atoms with van der Waals surface area (Å²) in [6.45, 7) is 1.11. The maximum absolute atomic E-state index is 13.2. The highest BCUT2D eigenvalue weighted by atomic mass is 79.9. The van der Waals surface area contributed by atoms with Crippen LogP contribution in [-0.4, -0.2) is 30.9 Å². The van der Waals surface area contributed by atoms with Crippen LogP contribution in [0, 0.1) is 5.82 Å². The van der Waals surface area contributed by atoms with Crippen molar-refractivity contribution in [2.24, 2.45) is 5.73 Å². The normalized spacial score (nSPS) is 10.2. The number of nitrogens with zero attached hydrogens (tertiary/aromatic N) is 1. The molecule has 5 heteroatoms. The molecule has 1 amide bonds. The first kappa shape index (κ1) is 13.1. The predicted octanol–water partition coefficient (Wildman–Crippen LogP) is 2.01. The molecule has 0 aromatic heterocycles. The van der Waals surface area contributed by atoms with E-state index in [1.54, 1.807) is 13.1 Å². The summed E-state index contributed by atoms with van der Waals surface area (Å²) in [4.78, 5) is 13.4. The Bertz CT molecular complexity index is 384. The lowest BCUT2D eigenvalue weighted by molar-refractivity contribution is 0.0794. The topological polar surface area (TPSA) is 46.3 Å². The molecular weight excluding hydrogens is 275 g/mol. The van der Waals surface area contributed by atoms with Gasteiger partial charge in [0.2, 0.25) is 0 Å². The molecule has 3 nitrogen and oxygen atoms in total. The van der Waals surface area contributed by atoms with E-state index < -0.39 is 5.82 Å². The van der Waals surface area contributed by atoms with Crippen molar-refractivity contribution in [2.45, 2.75) is 6.42 Å². The molecule has 0 aliphatic carbocycles. The minimum atomic E-state index is -0.432. The third-order valence-corrected chi connectivity index (χ3v) is 2.85. The number of hydrogen-bond donors (Lipinski definition) is 1. The van der Waals surface area contributed by atoms with Crippen LogP contribution >= 0.6 is 15.9 Å². The summed E-state index contributed by atoms with van der Waals surface area (Å²) in [6, 6.07) is 4.35. The van der Waals surface area contributed by atoms with Gasteiger partial charge >= 0.3 is 0 Å². The molecule has 0 radical (unpaired) electrons. The van der Waals surface area contributed by atoms with Gasteiger partial charge in [-0.25, -0.2) is 4.39 Å². The van der Waals surface area contributed by atoms with Crippen LogP contribution in [-0.2, 0) is 0 Å². The molecule has 0 aliphatic heterocycles. The minimum absolute atomic E-state index is 0.195. The first-order valence-electron chi connectivity index (χ1n) is 4.97. The van der Waals surface area contributed by atoms with E-state index in [2.05, 4.69) is 15.9 Å². The Morgan fingerprint density at radius 3 is 2.81 bits per heavy atom. The molecule has 0 bridgehead atoms. The molecule has 0 atom stereocenters. The van der Waals surface area contributed by atoms with Crippen molar-refractivity contribution >= 4 is 21.8 Å². The van der Waals surface area contributed by atoms with Crippen LogP contribution in [0.25, 0.3) is 0 Å². The molecule has 1 aromatic rings. The molecule has 0 unspecified atom stereocenters. The van der Waals surface area contributed by atoms with Crippen molar-refractivity contribution < 1.29 is 9.18 Å². The molecule has 88 valence electrons. The minimum Gasteiger partial charge on any atom is -0.342 e. The number of rotatable bonds is 4. The fourth-order valence-corrected chi connectivity index (χ4v) is 1.53. The van der Waals surface area contributed by atoms with Crippen molar-refractivity contribution in [3.8, 4) is 0 Å². The average molecular weight is 289 g/mol. The zero-order valence-electron chi connectivity index (χ0n) is 9.04. The number of amides is 1. The van der Waals surface area contributed by atoms with Crippen molar-refractivity contribution in [1.29, 1.82) is 0 Å². The Labute approximate surface area is 103 Å². The number of benzene rings is 1. The smallest absolute Gasteiger partial charge is 0.253 e. The SMILES string of the molecule is CN(CCCN)C(=O)c1ccc(Br)c(F)c1. The third-order valence-electron chi connectivity index (χ3n) is 2.21.